The van der Waals surface area contributed by atoms with Crippen molar-refractivity contribution >= 4 is 43.4 Å². The molecule has 0 saturated carbocycles. The number of fused-ring (bicyclic) bond motifs is 2. The monoisotopic (exact) mass is 473 g/mol. The largest absolute Gasteiger partial charge is 0.379 e. The van der Waals surface area contributed by atoms with Crippen LogP contribution in [0.5, 0.6) is 0 Å². The molecule has 1 amide bonds. The number of rotatable bonds is 7. The molecular formula is C28H31N3O2S. The highest BCUT2D eigenvalue weighted by Gasteiger charge is 2.22. The Labute approximate surface area is 205 Å². The number of carbonyl (C=O) groups excluding carboxylic acids is 1. The lowest BCUT2D eigenvalue weighted by atomic mass is 10.0. The molecule has 0 atom stereocenters. The zero-order valence-corrected chi connectivity index (χ0v) is 20.7. The zero-order chi connectivity index (χ0) is 23.5. The van der Waals surface area contributed by atoms with Crippen LogP contribution in [0, 0.1) is 13.8 Å². The fourth-order valence-corrected chi connectivity index (χ4v) is 5.68. The first-order valence-corrected chi connectivity index (χ1v) is 12.8. The van der Waals surface area contributed by atoms with Crippen LogP contribution in [0.2, 0.25) is 0 Å². The van der Waals surface area contributed by atoms with Crippen LogP contribution < -0.4 is 4.90 Å². The van der Waals surface area contributed by atoms with E-state index in [2.05, 4.69) is 55.1 Å². The summed E-state index contributed by atoms with van der Waals surface area (Å²) in [5.41, 5.74) is 4.52. The van der Waals surface area contributed by atoms with Crippen LogP contribution in [0.4, 0.5) is 5.13 Å². The van der Waals surface area contributed by atoms with E-state index in [1.165, 1.54) is 11.1 Å². The van der Waals surface area contributed by atoms with E-state index in [-0.39, 0.29) is 5.91 Å². The quantitative estimate of drug-likeness (QED) is 0.362. The lowest BCUT2D eigenvalue weighted by molar-refractivity contribution is -0.118. The fourth-order valence-electron chi connectivity index (χ4n) is 4.59. The van der Waals surface area contributed by atoms with Crippen LogP contribution in [0.3, 0.4) is 0 Å². The van der Waals surface area contributed by atoms with Crippen LogP contribution in [0.15, 0.2) is 54.6 Å². The van der Waals surface area contributed by atoms with Gasteiger partial charge in [0.25, 0.3) is 0 Å². The molecule has 0 radical (unpaired) electrons. The van der Waals surface area contributed by atoms with Gasteiger partial charge in [0, 0.05) is 26.2 Å². The summed E-state index contributed by atoms with van der Waals surface area (Å²) in [6.07, 6.45) is 1.28. The molecule has 1 aromatic heterocycles. The minimum atomic E-state index is 0.103. The fraction of sp³-hybridized carbons (Fsp3) is 0.357. The van der Waals surface area contributed by atoms with Crippen molar-refractivity contribution in [2.45, 2.75) is 26.7 Å². The van der Waals surface area contributed by atoms with Crippen molar-refractivity contribution < 1.29 is 9.53 Å². The summed E-state index contributed by atoms with van der Waals surface area (Å²) in [5.74, 6) is 0.103. The summed E-state index contributed by atoms with van der Waals surface area (Å²) in [6, 6.07) is 18.8. The molecule has 1 saturated heterocycles. The number of morpholine rings is 1. The van der Waals surface area contributed by atoms with Gasteiger partial charge in [-0.2, -0.15) is 0 Å². The molecule has 5 nitrogen and oxygen atoms in total. The predicted octanol–water partition coefficient (Wildman–Crippen LogP) is 5.36. The molecule has 34 heavy (non-hydrogen) atoms. The van der Waals surface area contributed by atoms with E-state index in [0.29, 0.717) is 13.0 Å². The van der Waals surface area contributed by atoms with Crippen molar-refractivity contribution in [2.24, 2.45) is 0 Å². The molecule has 0 spiro atoms. The molecule has 3 aromatic carbocycles. The van der Waals surface area contributed by atoms with Crippen LogP contribution in [0.25, 0.3) is 21.0 Å². The summed E-state index contributed by atoms with van der Waals surface area (Å²) in [6.45, 7) is 9.37. The van der Waals surface area contributed by atoms with E-state index in [9.17, 15) is 4.79 Å². The second-order valence-corrected chi connectivity index (χ2v) is 10.1. The SMILES string of the molecule is Cc1cc2nc(N(CCCN3CCOCC3)C(=O)Cc3cccc4ccccc34)sc2cc1C. The molecule has 1 aliphatic heterocycles. The Morgan fingerprint density at radius 2 is 1.82 bits per heavy atom. The molecular weight excluding hydrogens is 442 g/mol. The molecule has 0 N–H and O–H groups in total. The molecule has 1 aliphatic rings. The van der Waals surface area contributed by atoms with Crippen molar-refractivity contribution in [3.05, 3.63) is 71.3 Å². The first-order chi connectivity index (χ1) is 16.6. The third-order valence-corrected chi connectivity index (χ3v) is 7.75. The molecule has 1 fully saturated rings. The number of aryl methyl sites for hydroxylation is 2. The number of thiazole rings is 1. The molecule has 6 heteroatoms. The highest BCUT2D eigenvalue weighted by molar-refractivity contribution is 7.22. The Kier molecular flexibility index (Phi) is 6.90. The van der Waals surface area contributed by atoms with Gasteiger partial charge in [0.1, 0.15) is 0 Å². The van der Waals surface area contributed by atoms with Crippen LogP contribution >= 0.6 is 11.3 Å². The number of nitrogens with zero attached hydrogens (tertiary/aromatic N) is 3. The van der Waals surface area contributed by atoms with Gasteiger partial charge in [-0.25, -0.2) is 4.98 Å². The molecule has 2 heterocycles. The first-order valence-electron chi connectivity index (χ1n) is 12.0. The lowest BCUT2D eigenvalue weighted by Gasteiger charge is -2.27. The average Bonchev–Trinajstić information content (AvgIpc) is 3.25. The lowest BCUT2D eigenvalue weighted by Crippen LogP contribution is -2.39. The highest BCUT2D eigenvalue weighted by atomic mass is 32.1. The van der Waals surface area contributed by atoms with E-state index in [4.69, 9.17) is 9.72 Å². The van der Waals surface area contributed by atoms with Gasteiger partial charge < -0.3 is 4.74 Å². The average molecular weight is 474 g/mol. The Morgan fingerprint density at radius 1 is 1.06 bits per heavy atom. The highest BCUT2D eigenvalue weighted by Crippen LogP contribution is 2.31. The second kappa shape index (κ2) is 10.2. The van der Waals surface area contributed by atoms with Crippen molar-refractivity contribution in [3.63, 3.8) is 0 Å². The van der Waals surface area contributed by atoms with Gasteiger partial charge in [-0.1, -0.05) is 53.8 Å². The minimum absolute atomic E-state index is 0.103. The predicted molar refractivity (Wildman–Crippen MR) is 141 cm³/mol. The number of aromatic nitrogens is 1. The van der Waals surface area contributed by atoms with Crippen molar-refractivity contribution in [1.29, 1.82) is 0 Å². The Hall–Kier alpha value is -2.80. The van der Waals surface area contributed by atoms with Crippen LogP contribution in [-0.2, 0) is 16.0 Å². The number of anilines is 1. The number of ether oxygens (including phenoxy) is 1. The molecule has 5 rings (SSSR count). The van der Waals surface area contributed by atoms with Gasteiger partial charge in [0.05, 0.1) is 29.9 Å². The van der Waals surface area contributed by atoms with Gasteiger partial charge in [0.2, 0.25) is 5.91 Å². The summed E-state index contributed by atoms with van der Waals surface area (Å²) in [7, 11) is 0. The second-order valence-electron chi connectivity index (χ2n) is 9.07. The maximum absolute atomic E-state index is 13.7. The molecule has 4 aromatic rings. The summed E-state index contributed by atoms with van der Waals surface area (Å²) >= 11 is 1.62. The summed E-state index contributed by atoms with van der Waals surface area (Å²) in [5, 5.41) is 3.10. The van der Waals surface area contributed by atoms with Gasteiger partial charge in [-0.3, -0.25) is 14.6 Å². The molecule has 0 bridgehead atoms. The molecule has 176 valence electrons. The van der Waals surface area contributed by atoms with E-state index in [0.717, 1.165) is 71.0 Å². The maximum atomic E-state index is 13.7. The normalized spacial score (nSPS) is 14.6. The van der Waals surface area contributed by atoms with Crippen molar-refractivity contribution in [2.75, 3.05) is 44.3 Å². The number of benzene rings is 3. The van der Waals surface area contributed by atoms with Gasteiger partial charge in [-0.05, 0) is 59.9 Å². The minimum Gasteiger partial charge on any atom is -0.379 e. The number of hydrogen-bond donors (Lipinski definition) is 0. The Bertz CT molecular complexity index is 1270. The third kappa shape index (κ3) is 4.99. The summed E-state index contributed by atoms with van der Waals surface area (Å²) in [4.78, 5) is 22.9. The standard InChI is InChI=1S/C28H31N3O2S/c1-20-17-25-26(18-21(20)2)34-28(29-25)31(12-6-11-30-13-15-33-16-14-30)27(32)19-23-9-5-8-22-7-3-4-10-24(22)23/h3-5,7-10,17-18H,6,11-16,19H2,1-2H3. The first kappa shape index (κ1) is 23.0. The van der Waals surface area contributed by atoms with Crippen molar-refractivity contribution in [3.8, 4) is 0 Å². The van der Waals surface area contributed by atoms with E-state index < -0.39 is 0 Å². The number of carbonyl (C=O) groups is 1. The topological polar surface area (TPSA) is 45.7 Å². The third-order valence-electron chi connectivity index (χ3n) is 6.71. The Morgan fingerprint density at radius 3 is 2.68 bits per heavy atom. The number of hydrogen-bond acceptors (Lipinski definition) is 5. The van der Waals surface area contributed by atoms with E-state index in [1.807, 2.05) is 23.1 Å². The zero-order valence-electron chi connectivity index (χ0n) is 19.9. The van der Waals surface area contributed by atoms with Crippen LogP contribution in [0.1, 0.15) is 23.1 Å². The molecule has 0 aliphatic carbocycles. The van der Waals surface area contributed by atoms with E-state index >= 15 is 0 Å². The van der Waals surface area contributed by atoms with Gasteiger partial charge in [-0.15, -0.1) is 0 Å². The molecule has 0 unspecified atom stereocenters. The van der Waals surface area contributed by atoms with Gasteiger partial charge >= 0.3 is 0 Å². The number of amides is 1. The smallest absolute Gasteiger partial charge is 0.233 e. The summed E-state index contributed by atoms with van der Waals surface area (Å²) < 4.78 is 6.61. The maximum Gasteiger partial charge on any atom is 0.233 e. The van der Waals surface area contributed by atoms with Crippen LogP contribution in [-0.4, -0.2) is 55.2 Å². The van der Waals surface area contributed by atoms with Crippen molar-refractivity contribution in [1.82, 2.24) is 9.88 Å². The Balaban J connectivity index is 1.41. The van der Waals surface area contributed by atoms with E-state index in [1.54, 1.807) is 11.3 Å². The van der Waals surface area contributed by atoms with Gasteiger partial charge in [0.15, 0.2) is 5.13 Å².